The highest BCUT2D eigenvalue weighted by atomic mass is 79.9. The van der Waals surface area contributed by atoms with Crippen LogP contribution in [-0.4, -0.2) is 17.4 Å². The van der Waals surface area contributed by atoms with Gasteiger partial charge in [0.15, 0.2) is 0 Å². The molecule has 1 aromatic heterocycles. The Bertz CT molecular complexity index is 568. The summed E-state index contributed by atoms with van der Waals surface area (Å²) in [6, 6.07) is 8.18. The van der Waals surface area contributed by atoms with Crippen molar-refractivity contribution >= 4 is 33.2 Å². The number of nitrogens with zero attached hydrogens (tertiary/aromatic N) is 1. The Hall–Kier alpha value is -1.20. The molecule has 1 heterocycles. The number of nitrogens with one attached hydrogen (secondary N) is 1. The van der Waals surface area contributed by atoms with Crippen LogP contribution in [0.25, 0.3) is 0 Å². The van der Waals surface area contributed by atoms with Crippen molar-refractivity contribution in [1.82, 2.24) is 10.3 Å². The summed E-state index contributed by atoms with van der Waals surface area (Å²) in [6.07, 6.45) is 1.62. The van der Waals surface area contributed by atoms with Gasteiger partial charge in [-0.25, -0.2) is 4.98 Å². The lowest BCUT2D eigenvalue weighted by Gasteiger charge is -2.01. The van der Waals surface area contributed by atoms with E-state index >= 15 is 0 Å². The largest absolute Gasteiger partial charge is 0.356 e. The number of thiazole rings is 1. The van der Waals surface area contributed by atoms with Crippen molar-refractivity contribution in [3.63, 3.8) is 0 Å². The minimum atomic E-state index is 0.00463. The Kier molecular flexibility index (Phi) is 5.10. The van der Waals surface area contributed by atoms with Crippen LogP contribution in [0.15, 0.2) is 34.1 Å². The van der Waals surface area contributed by atoms with Gasteiger partial charge in [0.2, 0.25) is 5.91 Å². The van der Waals surface area contributed by atoms with Gasteiger partial charge in [-0.1, -0.05) is 34.1 Å². The maximum atomic E-state index is 10.8. The summed E-state index contributed by atoms with van der Waals surface area (Å²) in [5.74, 6) is 0.00463. The highest BCUT2D eigenvalue weighted by molar-refractivity contribution is 9.10. The maximum absolute atomic E-state index is 10.8. The zero-order valence-electron chi connectivity index (χ0n) is 10.6. The van der Waals surface area contributed by atoms with E-state index in [9.17, 15) is 4.79 Å². The summed E-state index contributed by atoms with van der Waals surface area (Å²) in [5.41, 5.74) is 2.32. The molecule has 0 saturated carbocycles. The Balaban J connectivity index is 1.94. The van der Waals surface area contributed by atoms with Crippen molar-refractivity contribution in [2.24, 2.45) is 0 Å². The Labute approximate surface area is 125 Å². The molecule has 0 fully saturated rings. The van der Waals surface area contributed by atoms with Crippen LogP contribution in [0.5, 0.6) is 0 Å². The van der Waals surface area contributed by atoms with Crippen LogP contribution in [0.1, 0.15) is 23.2 Å². The predicted octanol–water partition coefficient (Wildman–Crippen LogP) is 3.18. The average Bonchev–Trinajstić information content (AvgIpc) is 2.79. The van der Waals surface area contributed by atoms with Gasteiger partial charge in [-0.3, -0.25) is 4.79 Å². The van der Waals surface area contributed by atoms with Gasteiger partial charge in [-0.05, 0) is 11.6 Å². The van der Waals surface area contributed by atoms with Crippen molar-refractivity contribution in [3.8, 4) is 0 Å². The first-order valence-electron chi connectivity index (χ1n) is 6.06. The number of rotatable bonds is 5. The molecule has 0 radical (unpaired) electrons. The van der Waals surface area contributed by atoms with E-state index < -0.39 is 0 Å². The summed E-state index contributed by atoms with van der Waals surface area (Å²) >= 11 is 5.20. The zero-order valence-corrected chi connectivity index (χ0v) is 13.1. The van der Waals surface area contributed by atoms with E-state index in [1.165, 1.54) is 12.5 Å². The van der Waals surface area contributed by atoms with Gasteiger partial charge in [-0.2, -0.15) is 0 Å². The quantitative estimate of drug-likeness (QED) is 0.909. The first-order chi connectivity index (χ1) is 9.15. The third-order valence-corrected chi connectivity index (χ3v) is 4.37. The SMILES string of the molecule is CC(=O)NCCc1nc(Cc2ccccc2Br)cs1. The van der Waals surface area contributed by atoms with Gasteiger partial charge in [0.05, 0.1) is 10.7 Å². The van der Waals surface area contributed by atoms with Gasteiger partial charge in [-0.15, -0.1) is 11.3 Å². The van der Waals surface area contributed by atoms with E-state index in [0.717, 1.165) is 28.0 Å². The van der Waals surface area contributed by atoms with Gasteiger partial charge in [0, 0.05) is 36.2 Å². The smallest absolute Gasteiger partial charge is 0.216 e. The molecule has 0 aliphatic rings. The minimum Gasteiger partial charge on any atom is -0.356 e. The van der Waals surface area contributed by atoms with Crippen molar-refractivity contribution in [1.29, 1.82) is 0 Å². The second-order valence-electron chi connectivity index (χ2n) is 4.23. The van der Waals surface area contributed by atoms with Crippen molar-refractivity contribution < 1.29 is 4.79 Å². The molecule has 0 bridgehead atoms. The van der Waals surface area contributed by atoms with Crippen LogP contribution in [-0.2, 0) is 17.6 Å². The third-order valence-electron chi connectivity index (χ3n) is 2.64. The van der Waals surface area contributed by atoms with E-state index in [2.05, 4.69) is 37.7 Å². The summed E-state index contributed by atoms with van der Waals surface area (Å²) in [6.45, 7) is 2.18. The van der Waals surface area contributed by atoms with Crippen LogP contribution in [0.3, 0.4) is 0 Å². The third kappa shape index (κ3) is 4.44. The van der Waals surface area contributed by atoms with Gasteiger partial charge >= 0.3 is 0 Å². The molecule has 3 nitrogen and oxygen atoms in total. The summed E-state index contributed by atoms with van der Waals surface area (Å²) in [5, 5.41) is 5.93. The summed E-state index contributed by atoms with van der Waals surface area (Å²) in [4.78, 5) is 15.4. The zero-order chi connectivity index (χ0) is 13.7. The molecule has 2 aromatic rings. The van der Waals surface area contributed by atoms with E-state index in [0.29, 0.717) is 6.54 Å². The fourth-order valence-corrected chi connectivity index (χ4v) is 2.95. The molecule has 1 amide bonds. The normalized spacial score (nSPS) is 10.4. The number of benzene rings is 1. The number of hydrogen-bond acceptors (Lipinski definition) is 3. The number of aromatic nitrogens is 1. The fraction of sp³-hybridized carbons (Fsp3) is 0.286. The number of carbonyl (C=O) groups is 1. The summed E-state index contributed by atoms with van der Waals surface area (Å²) in [7, 11) is 0. The monoisotopic (exact) mass is 338 g/mol. The molecule has 1 N–H and O–H groups in total. The number of carbonyl (C=O) groups excluding carboxylic acids is 1. The molecule has 0 aliphatic heterocycles. The molecular formula is C14H15BrN2OS. The first kappa shape index (κ1) is 14.2. The van der Waals surface area contributed by atoms with Gasteiger partial charge in [0.1, 0.15) is 0 Å². The number of amides is 1. The molecule has 0 atom stereocenters. The van der Waals surface area contributed by atoms with E-state index in [4.69, 9.17) is 0 Å². The van der Waals surface area contributed by atoms with E-state index in [-0.39, 0.29) is 5.91 Å². The molecule has 1 aromatic carbocycles. The Morgan fingerprint density at radius 3 is 2.95 bits per heavy atom. The molecule has 0 aliphatic carbocycles. The average molecular weight is 339 g/mol. The lowest BCUT2D eigenvalue weighted by Crippen LogP contribution is -2.22. The molecule has 0 spiro atoms. The lowest BCUT2D eigenvalue weighted by molar-refractivity contribution is -0.118. The van der Waals surface area contributed by atoms with Crippen LogP contribution >= 0.6 is 27.3 Å². The second-order valence-corrected chi connectivity index (χ2v) is 6.03. The molecule has 0 unspecified atom stereocenters. The lowest BCUT2D eigenvalue weighted by atomic mass is 10.1. The van der Waals surface area contributed by atoms with Gasteiger partial charge in [0.25, 0.3) is 0 Å². The molecular weight excluding hydrogens is 324 g/mol. The van der Waals surface area contributed by atoms with Crippen LogP contribution in [0.2, 0.25) is 0 Å². The van der Waals surface area contributed by atoms with Gasteiger partial charge < -0.3 is 5.32 Å². The molecule has 2 rings (SSSR count). The van der Waals surface area contributed by atoms with Crippen molar-refractivity contribution in [2.75, 3.05) is 6.54 Å². The molecule has 5 heteroatoms. The molecule has 0 saturated heterocycles. The second kappa shape index (κ2) is 6.82. The Morgan fingerprint density at radius 2 is 2.21 bits per heavy atom. The standard InChI is InChI=1S/C14H15BrN2OS/c1-10(18)16-7-6-14-17-12(9-19-14)8-11-4-2-3-5-13(11)15/h2-5,9H,6-8H2,1H3,(H,16,18). The molecule has 19 heavy (non-hydrogen) atoms. The fourth-order valence-electron chi connectivity index (χ4n) is 1.73. The predicted molar refractivity (Wildman–Crippen MR) is 81.4 cm³/mol. The highest BCUT2D eigenvalue weighted by Crippen LogP contribution is 2.20. The van der Waals surface area contributed by atoms with Crippen molar-refractivity contribution in [2.45, 2.75) is 19.8 Å². The first-order valence-corrected chi connectivity index (χ1v) is 7.73. The van der Waals surface area contributed by atoms with Crippen molar-refractivity contribution in [3.05, 3.63) is 50.4 Å². The minimum absolute atomic E-state index is 0.00463. The number of halogens is 1. The van der Waals surface area contributed by atoms with Crippen LogP contribution in [0, 0.1) is 0 Å². The van der Waals surface area contributed by atoms with E-state index in [1.807, 2.05) is 18.2 Å². The topological polar surface area (TPSA) is 42.0 Å². The number of hydrogen-bond donors (Lipinski definition) is 1. The molecule has 100 valence electrons. The summed E-state index contributed by atoms with van der Waals surface area (Å²) < 4.78 is 1.11. The van der Waals surface area contributed by atoms with Crippen LogP contribution < -0.4 is 5.32 Å². The maximum Gasteiger partial charge on any atom is 0.216 e. The van der Waals surface area contributed by atoms with E-state index in [1.54, 1.807) is 11.3 Å². The van der Waals surface area contributed by atoms with Crippen LogP contribution in [0.4, 0.5) is 0 Å². The Morgan fingerprint density at radius 1 is 1.42 bits per heavy atom. The highest BCUT2D eigenvalue weighted by Gasteiger charge is 2.05.